The number of rotatable bonds is 3. The number of fused-ring (bicyclic) bond motifs is 1. The molecule has 2 aromatic rings. The molecule has 102 valence electrons. The van der Waals surface area contributed by atoms with Crippen LogP contribution in [0.3, 0.4) is 0 Å². The predicted molar refractivity (Wildman–Crippen MR) is 82.7 cm³/mol. The summed E-state index contributed by atoms with van der Waals surface area (Å²) in [5.74, 6) is -0.00116. The van der Waals surface area contributed by atoms with Crippen LogP contribution in [0.5, 0.6) is 0 Å². The summed E-state index contributed by atoms with van der Waals surface area (Å²) >= 11 is 8.80. The number of halogens is 1. The van der Waals surface area contributed by atoms with E-state index in [1.165, 1.54) is 0 Å². The van der Waals surface area contributed by atoms with Crippen molar-refractivity contribution in [1.29, 1.82) is 0 Å². The maximum absolute atomic E-state index is 11.9. The molecule has 0 aliphatic heterocycles. The number of benzene rings is 1. The van der Waals surface area contributed by atoms with Gasteiger partial charge in [-0.05, 0) is 44.3 Å². The Hall–Kier alpha value is -1.14. The number of imidazole rings is 1. The first-order valence-corrected chi connectivity index (χ1v) is 7.15. The van der Waals surface area contributed by atoms with Gasteiger partial charge in [-0.2, -0.15) is 0 Å². The summed E-state index contributed by atoms with van der Waals surface area (Å²) in [6.07, 6.45) is 0. The quantitative estimate of drug-likeness (QED) is 0.842. The first-order chi connectivity index (χ1) is 8.85. The molecular weight excluding hydrogens is 326 g/mol. The Morgan fingerprint density at radius 1 is 1.53 bits per heavy atom. The molecule has 1 amide bonds. The Bertz CT molecular complexity index is 687. The van der Waals surface area contributed by atoms with E-state index in [-0.39, 0.29) is 5.91 Å². The normalized spacial score (nSPS) is 11.8. The molecule has 0 aliphatic carbocycles. The van der Waals surface area contributed by atoms with E-state index in [0.29, 0.717) is 11.3 Å². The van der Waals surface area contributed by atoms with Crippen LogP contribution in [0.1, 0.15) is 13.8 Å². The Morgan fingerprint density at radius 3 is 2.84 bits per heavy atom. The van der Waals surface area contributed by atoms with Crippen LogP contribution in [0.4, 0.5) is 0 Å². The van der Waals surface area contributed by atoms with E-state index in [1.807, 2.05) is 36.6 Å². The number of amides is 1. The Labute approximate surface area is 125 Å². The second-order valence-corrected chi connectivity index (χ2v) is 6.44. The third-order valence-corrected chi connectivity index (χ3v) is 3.95. The molecular formula is C13H16BrN3OS. The Morgan fingerprint density at radius 2 is 2.21 bits per heavy atom. The van der Waals surface area contributed by atoms with Gasteiger partial charge in [-0.3, -0.25) is 4.79 Å². The molecule has 1 aromatic heterocycles. The third kappa shape index (κ3) is 2.74. The van der Waals surface area contributed by atoms with Gasteiger partial charge < -0.3 is 14.9 Å². The third-order valence-electron chi connectivity index (χ3n) is 3.13. The fraction of sp³-hybridized carbons (Fsp3) is 0.385. The van der Waals surface area contributed by atoms with Crippen molar-refractivity contribution in [3.8, 4) is 0 Å². The van der Waals surface area contributed by atoms with Crippen LogP contribution in [-0.2, 0) is 11.3 Å². The first-order valence-electron chi connectivity index (χ1n) is 5.95. The summed E-state index contributed by atoms with van der Waals surface area (Å²) in [5, 5.41) is 2.69. The minimum Gasteiger partial charge on any atom is -0.359 e. The molecule has 0 unspecified atom stereocenters. The number of carbonyl (C=O) groups is 1. The number of H-pyrrole nitrogens is 1. The van der Waals surface area contributed by atoms with Gasteiger partial charge in [0.15, 0.2) is 4.77 Å². The minimum atomic E-state index is -0.523. The number of carbonyl (C=O) groups excluding carboxylic acids is 1. The molecule has 0 bridgehead atoms. The van der Waals surface area contributed by atoms with Crippen molar-refractivity contribution in [2.24, 2.45) is 5.41 Å². The molecule has 0 radical (unpaired) electrons. The van der Waals surface area contributed by atoms with Crippen LogP contribution in [-0.4, -0.2) is 22.5 Å². The monoisotopic (exact) mass is 341 g/mol. The lowest BCUT2D eigenvalue weighted by atomic mass is 9.92. The van der Waals surface area contributed by atoms with Crippen molar-refractivity contribution in [2.75, 3.05) is 7.05 Å². The highest BCUT2D eigenvalue weighted by atomic mass is 79.9. The molecule has 19 heavy (non-hydrogen) atoms. The van der Waals surface area contributed by atoms with Crippen molar-refractivity contribution in [3.63, 3.8) is 0 Å². The number of hydrogen-bond donors (Lipinski definition) is 2. The zero-order valence-electron chi connectivity index (χ0n) is 11.1. The molecule has 1 heterocycles. The highest BCUT2D eigenvalue weighted by Crippen LogP contribution is 2.24. The summed E-state index contributed by atoms with van der Waals surface area (Å²) in [6.45, 7) is 4.34. The number of nitrogens with one attached hydrogen (secondary N) is 2. The number of aromatic nitrogens is 2. The maximum Gasteiger partial charge on any atom is 0.227 e. The average Bonchev–Trinajstić information content (AvgIpc) is 2.64. The molecule has 0 spiro atoms. The van der Waals surface area contributed by atoms with Gasteiger partial charge >= 0.3 is 0 Å². The van der Waals surface area contributed by atoms with Gasteiger partial charge in [0.25, 0.3) is 0 Å². The van der Waals surface area contributed by atoms with Gasteiger partial charge in [0, 0.05) is 18.1 Å². The van der Waals surface area contributed by atoms with Gasteiger partial charge in [-0.25, -0.2) is 0 Å². The molecule has 0 aliphatic rings. The highest BCUT2D eigenvalue weighted by molar-refractivity contribution is 9.10. The fourth-order valence-corrected chi connectivity index (χ4v) is 2.71. The van der Waals surface area contributed by atoms with Crippen molar-refractivity contribution >= 4 is 45.1 Å². The van der Waals surface area contributed by atoms with Crippen LogP contribution < -0.4 is 5.32 Å². The van der Waals surface area contributed by atoms with E-state index in [4.69, 9.17) is 12.2 Å². The molecule has 0 saturated heterocycles. The van der Waals surface area contributed by atoms with Gasteiger partial charge in [0.1, 0.15) is 0 Å². The average molecular weight is 342 g/mol. The van der Waals surface area contributed by atoms with Gasteiger partial charge in [-0.15, -0.1) is 0 Å². The zero-order valence-corrected chi connectivity index (χ0v) is 13.5. The topological polar surface area (TPSA) is 49.8 Å². The second kappa shape index (κ2) is 5.09. The summed E-state index contributed by atoms with van der Waals surface area (Å²) in [7, 11) is 1.65. The largest absolute Gasteiger partial charge is 0.359 e. The van der Waals surface area contributed by atoms with Crippen LogP contribution >= 0.6 is 28.1 Å². The molecule has 2 N–H and O–H groups in total. The van der Waals surface area contributed by atoms with E-state index in [9.17, 15) is 4.79 Å². The van der Waals surface area contributed by atoms with Gasteiger partial charge in [0.05, 0.1) is 16.4 Å². The maximum atomic E-state index is 11.9. The first kappa shape index (κ1) is 14.3. The lowest BCUT2D eigenvalue weighted by Gasteiger charge is -2.23. The van der Waals surface area contributed by atoms with Crippen LogP contribution in [0, 0.1) is 10.2 Å². The van der Waals surface area contributed by atoms with Crippen molar-refractivity contribution in [1.82, 2.24) is 14.9 Å². The standard InChI is InChI=1S/C13H16BrN3OS/c1-13(2,11(18)15-3)7-17-10-6-8(14)4-5-9(10)16-12(17)19/h4-6H,7H2,1-3H3,(H,15,18)(H,16,19). The van der Waals surface area contributed by atoms with Crippen LogP contribution in [0.2, 0.25) is 0 Å². The lowest BCUT2D eigenvalue weighted by molar-refractivity contribution is -0.129. The minimum absolute atomic E-state index is 0.00116. The number of hydrogen-bond acceptors (Lipinski definition) is 2. The van der Waals surface area contributed by atoms with Gasteiger partial charge in [0.2, 0.25) is 5.91 Å². The summed E-state index contributed by atoms with van der Waals surface area (Å²) in [4.78, 5) is 15.1. The lowest BCUT2D eigenvalue weighted by Crippen LogP contribution is -2.37. The number of nitrogens with zero attached hydrogens (tertiary/aromatic N) is 1. The SMILES string of the molecule is CNC(=O)C(C)(C)Cn1c(=S)[nH]c2ccc(Br)cc21. The van der Waals surface area contributed by atoms with Gasteiger partial charge in [-0.1, -0.05) is 15.9 Å². The number of aromatic amines is 1. The van der Waals surface area contributed by atoms with E-state index in [0.717, 1.165) is 15.5 Å². The predicted octanol–water partition coefficient (Wildman–Crippen LogP) is 3.23. The van der Waals surface area contributed by atoms with Crippen LogP contribution in [0.25, 0.3) is 11.0 Å². The smallest absolute Gasteiger partial charge is 0.227 e. The Kier molecular flexibility index (Phi) is 3.82. The molecule has 6 heteroatoms. The summed E-state index contributed by atoms with van der Waals surface area (Å²) in [6, 6.07) is 5.93. The summed E-state index contributed by atoms with van der Waals surface area (Å²) in [5.41, 5.74) is 1.45. The zero-order chi connectivity index (χ0) is 14.2. The molecule has 0 fully saturated rings. The van der Waals surface area contributed by atoms with Crippen molar-refractivity contribution < 1.29 is 4.79 Å². The molecule has 0 saturated carbocycles. The van der Waals surface area contributed by atoms with E-state index < -0.39 is 5.41 Å². The van der Waals surface area contributed by atoms with Crippen LogP contribution in [0.15, 0.2) is 22.7 Å². The van der Waals surface area contributed by atoms with E-state index >= 15 is 0 Å². The molecule has 0 atom stereocenters. The summed E-state index contributed by atoms with van der Waals surface area (Å²) < 4.78 is 3.58. The molecule has 1 aromatic carbocycles. The second-order valence-electron chi connectivity index (χ2n) is 5.14. The fourth-order valence-electron chi connectivity index (χ4n) is 2.09. The Balaban J connectivity index is 2.51. The van der Waals surface area contributed by atoms with E-state index in [1.54, 1.807) is 7.05 Å². The van der Waals surface area contributed by atoms with Crippen molar-refractivity contribution in [2.45, 2.75) is 20.4 Å². The van der Waals surface area contributed by atoms with Crippen molar-refractivity contribution in [3.05, 3.63) is 27.4 Å². The molecule has 2 rings (SSSR count). The van der Waals surface area contributed by atoms with E-state index in [2.05, 4.69) is 26.2 Å². The highest BCUT2D eigenvalue weighted by Gasteiger charge is 2.28. The molecule has 4 nitrogen and oxygen atoms in total.